The van der Waals surface area contributed by atoms with Crippen LogP contribution < -0.4 is 15.5 Å². The Bertz CT molecular complexity index is 468. The average molecular weight is 247 g/mol. The lowest BCUT2D eigenvalue weighted by Gasteiger charge is -2.23. The van der Waals surface area contributed by atoms with E-state index in [9.17, 15) is 4.79 Å². The largest absolute Gasteiger partial charge is 0.374 e. The van der Waals surface area contributed by atoms with Crippen LogP contribution in [0.15, 0.2) is 18.2 Å². The van der Waals surface area contributed by atoms with Crippen molar-refractivity contribution >= 4 is 17.3 Å². The first-order chi connectivity index (χ1) is 8.44. The van der Waals surface area contributed by atoms with Crippen LogP contribution in [-0.2, 0) is 11.2 Å². The van der Waals surface area contributed by atoms with Crippen LogP contribution in [0.5, 0.6) is 0 Å². The maximum atomic E-state index is 12.0. The van der Waals surface area contributed by atoms with E-state index in [0.717, 1.165) is 18.7 Å². The van der Waals surface area contributed by atoms with E-state index in [1.807, 2.05) is 19.9 Å². The van der Waals surface area contributed by atoms with Gasteiger partial charge < -0.3 is 15.5 Å². The molecule has 0 atom stereocenters. The Morgan fingerprint density at radius 3 is 2.78 bits per heavy atom. The summed E-state index contributed by atoms with van der Waals surface area (Å²) in [7, 11) is 3.88. The number of carbonyl (C=O) groups excluding carboxylic acids is 1. The van der Waals surface area contributed by atoms with Gasteiger partial charge in [0.25, 0.3) is 0 Å². The second kappa shape index (κ2) is 4.61. The van der Waals surface area contributed by atoms with Crippen LogP contribution in [0.25, 0.3) is 0 Å². The van der Waals surface area contributed by atoms with Crippen molar-refractivity contribution in [3.05, 3.63) is 23.8 Å². The molecule has 1 aromatic rings. The molecule has 18 heavy (non-hydrogen) atoms. The predicted octanol–water partition coefficient (Wildman–Crippen LogP) is 1.62. The minimum Gasteiger partial charge on any atom is -0.374 e. The van der Waals surface area contributed by atoms with E-state index in [1.54, 1.807) is 7.05 Å². The van der Waals surface area contributed by atoms with Crippen LogP contribution in [0.1, 0.15) is 19.4 Å². The first kappa shape index (κ1) is 12.9. The molecule has 2 N–H and O–H groups in total. The van der Waals surface area contributed by atoms with Gasteiger partial charge in [-0.15, -0.1) is 0 Å². The normalized spacial score (nSPS) is 14.6. The summed E-state index contributed by atoms with van der Waals surface area (Å²) >= 11 is 0. The Morgan fingerprint density at radius 1 is 1.39 bits per heavy atom. The molecule has 98 valence electrons. The van der Waals surface area contributed by atoms with Crippen LogP contribution in [0.3, 0.4) is 0 Å². The summed E-state index contributed by atoms with van der Waals surface area (Å²) in [6, 6.07) is 6.11. The Morgan fingerprint density at radius 2 is 2.11 bits per heavy atom. The molecule has 0 saturated heterocycles. The van der Waals surface area contributed by atoms with Crippen LogP contribution >= 0.6 is 0 Å². The Kier molecular flexibility index (Phi) is 3.30. The number of hydrogen-bond acceptors (Lipinski definition) is 3. The number of anilines is 2. The summed E-state index contributed by atoms with van der Waals surface area (Å²) < 4.78 is 0. The highest BCUT2D eigenvalue weighted by atomic mass is 16.2. The lowest BCUT2D eigenvalue weighted by Crippen LogP contribution is -2.47. The van der Waals surface area contributed by atoms with Crippen LogP contribution in [-0.4, -0.2) is 32.1 Å². The molecule has 1 aliphatic heterocycles. The molecule has 1 aromatic carbocycles. The monoisotopic (exact) mass is 247 g/mol. The molecule has 1 aliphatic rings. The molecule has 0 saturated carbocycles. The number of carbonyl (C=O) groups is 1. The fourth-order valence-electron chi connectivity index (χ4n) is 2.05. The SMILES string of the molecule is CNC(C)(C)C(=O)Nc1ccc2c(c1)CCN2C. The van der Waals surface area contributed by atoms with Gasteiger partial charge >= 0.3 is 0 Å². The summed E-state index contributed by atoms with van der Waals surface area (Å²) in [5.74, 6) is -0.0173. The fourth-order valence-corrected chi connectivity index (χ4v) is 2.05. The third-order valence-electron chi connectivity index (χ3n) is 3.66. The molecular weight excluding hydrogens is 226 g/mol. The number of rotatable bonds is 3. The van der Waals surface area contributed by atoms with Crippen LogP contribution in [0, 0.1) is 0 Å². The van der Waals surface area contributed by atoms with Crippen molar-refractivity contribution in [2.45, 2.75) is 25.8 Å². The van der Waals surface area contributed by atoms with Crippen molar-refractivity contribution in [2.75, 3.05) is 30.9 Å². The number of hydrogen-bond donors (Lipinski definition) is 2. The molecule has 2 rings (SSSR count). The Labute approximate surface area is 108 Å². The molecule has 0 bridgehead atoms. The van der Waals surface area contributed by atoms with Crippen LogP contribution in [0.4, 0.5) is 11.4 Å². The van der Waals surface area contributed by atoms with Gasteiger partial charge in [-0.05, 0) is 51.1 Å². The predicted molar refractivity (Wildman–Crippen MR) is 75.2 cm³/mol. The molecule has 0 aliphatic carbocycles. The maximum Gasteiger partial charge on any atom is 0.244 e. The van der Waals surface area contributed by atoms with E-state index in [0.29, 0.717) is 0 Å². The quantitative estimate of drug-likeness (QED) is 0.853. The van der Waals surface area contributed by atoms with E-state index in [1.165, 1.54) is 11.3 Å². The number of nitrogens with one attached hydrogen (secondary N) is 2. The summed E-state index contributed by atoms with van der Waals surface area (Å²) in [5, 5.41) is 5.96. The molecule has 1 heterocycles. The second-order valence-corrected chi connectivity index (χ2v) is 5.34. The zero-order valence-corrected chi connectivity index (χ0v) is 11.5. The molecule has 0 spiro atoms. The second-order valence-electron chi connectivity index (χ2n) is 5.34. The molecule has 0 aromatic heterocycles. The topological polar surface area (TPSA) is 44.4 Å². The van der Waals surface area contributed by atoms with E-state index in [4.69, 9.17) is 0 Å². The molecule has 1 amide bonds. The molecule has 0 radical (unpaired) electrons. The lowest BCUT2D eigenvalue weighted by atomic mass is 10.0. The number of fused-ring (bicyclic) bond motifs is 1. The molecular formula is C14H21N3O. The van der Waals surface area contributed by atoms with Crippen molar-refractivity contribution in [3.63, 3.8) is 0 Å². The number of amides is 1. The fraction of sp³-hybridized carbons (Fsp3) is 0.500. The first-order valence-corrected chi connectivity index (χ1v) is 6.28. The molecule has 4 nitrogen and oxygen atoms in total. The average Bonchev–Trinajstić information content (AvgIpc) is 2.70. The van der Waals surface area contributed by atoms with E-state index in [2.05, 4.69) is 34.7 Å². The molecule has 0 fully saturated rings. The highest BCUT2D eigenvalue weighted by molar-refractivity contribution is 5.97. The van der Waals surface area contributed by atoms with E-state index in [-0.39, 0.29) is 5.91 Å². The van der Waals surface area contributed by atoms with Crippen LogP contribution in [0.2, 0.25) is 0 Å². The van der Waals surface area contributed by atoms with E-state index >= 15 is 0 Å². The van der Waals surface area contributed by atoms with Gasteiger partial charge in [-0.25, -0.2) is 0 Å². The summed E-state index contributed by atoms with van der Waals surface area (Å²) in [6.45, 7) is 4.78. The number of nitrogens with zero attached hydrogens (tertiary/aromatic N) is 1. The van der Waals surface area contributed by atoms with Crippen molar-refractivity contribution in [2.24, 2.45) is 0 Å². The third kappa shape index (κ3) is 2.34. The van der Waals surface area contributed by atoms with Gasteiger partial charge in [0.1, 0.15) is 0 Å². The highest BCUT2D eigenvalue weighted by Crippen LogP contribution is 2.29. The standard InChI is InChI=1S/C14H21N3O/c1-14(2,15-3)13(18)16-11-5-6-12-10(9-11)7-8-17(12)4/h5-6,9,15H,7-8H2,1-4H3,(H,16,18). The lowest BCUT2D eigenvalue weighted by molar-refractivity contribution is -0.121. The first-order valence-electron chi connectivity index (χ1n) is 6.28. The van der Waals surface area contributed by atoms with Gasteiger partial charge in [-0.3, -0.25) is 4.79 Å². The summed E-state index contributed by atoms with van der Waals surface area (Å²) in [4.78, 5) is 14.3. The minimum atomic E-state index is -0.560. The minimum absolute atomic E-state index is 0.0173. The molecule has 4 heteroatoms. The van der Waals surface area contributed by atoms with Gasteiger partial charge in [-0.1, -0.05) is 0 Å². The van der Waals surface area contributed by atoms with Crippen molar-refractivity contribution in [1.82, 2.24) is 5.32 Å². The zero-order chi connectivity index (χ0) is 13.3. The summed E-state index contributed by atoms with van der Waals surface area (Å²) in [6.07, 6.45) is 1.05. The van der Waals surface area contributed by atoms with Crippen molar-refractivity contribution < 1.29 is 4.79 Å². The van der Waals surface area contributed by atoms with Crippen molar-refractivity contribution in [3.8, 4) is 0 Å². The zero-order valence-electron chi connectivity index (χ0n) is 11.5. The Balaban J connectivity index is 2.15. The Hall–Kier alpha value is -1.55. The number of benzene rings is 1. The molecule has 0 unspecified atom stereocenters. The van der Waals surface area contributed by atoms with Gasteiger partial charge in [0.2, 0.25) is 5.91 Å². The smallest absolute Gasteiger partial charge is 0.244 e. The van der Waals surface area contributed by atoms with Gasteiger partial charge in [0.05, 0.1) is 5.54 Å². The maximum absolute atomic E-state index is 12.0. The van der Waals surface area contributed by atoms with Gasteiger partial charge in [-0.2, -0.15) is 0 Å². The summed E-state index contributed by atoms with van der Waals surface area (Å²) in [5.41, 5.74) is 2.88. The number of likely N-dealkylation sites (N-methyl/N-ethyl adjacent to an activating group) is 2. The highest BCUT2D eigenvalue weighted by Gasteiger charge is 2.25. The van der Waals surface area contributed by atoms with Gasteiger partial charge in [0.15, 0.2) is 0 Å². The van der Waals surface area contributed by atoms with Crippen molar-refractivity contribution in [1.29, 1.82) is 0 Å². The van der Waals surface area contributed by atoms with Gasteiger partial charge in [0, 0.05) is 25.0 Å². The van der Waals surface area contributed by atoms with E-state index < -0.39 is 5.54 Å². The third-order valence-corrected chi connectivity index (χ3v) is 3.66.